The Hall–Kier alpha value is -1.55. The first-order valence-corrected chi connectivity index (χ1v) is 6.09. The highest BCUT2D eigenvalue weighted by Crippen LogP contribution is 2.19. The highest BCUT2D eigenvalue weighted by atomic mass is 16.2. The third-order valence-corrected chi connectivity index (χ3v) is 3.02. The van der Waals surface area contributed by atoms with E-state index in [4.69, 9.17) is 0 Å². The first kappa shape index (κ1) is 11.9. The van der Waals surface area contributed by atoms with E-state index in [-0.39, 0.29) is 6.03 Å². The molecule has 4 heteroatoms. The Morgan fingerprint density at radius 3 is 2.71 bits per heavy atom. The second kappa shape index (κ2) is 5.68. The molecule has 1 aromatic rings. The molecule has 2 rings (SSSR count). The molecule has 1 aromatic carbocycles. The first-order valence-electron chi connectivity index (χ1n) is 6.09. The van der Waals surface area contributed by atoms with Crippen LogP contribution < -0.4 is 10.2 Å². The van der Waals surface area contributed by atoms with E-state index in [2.05, 4.69) is 5.32 Å². The van der Waals surface area contributed by atoms with Crippen molar-refractivity contribution in [1.82, 2.24) is 10.2 Å². The standard InChI is InChI=1S/C13H19N3O/c1-14-8-5-9-15-10-11-16(13(15)17)12-6-3-2-4-7-12/h2-4,6-7,14H,5,8-11H2,1H3. The van der Waals surface area contributed by atoms with Gasteiger partial charge < -0.3 is 10.2 Å². The van der Waals surface area contributed by atoms with Gasteiger partial charge in [-0.2, -0.15) is 0 Å². The van der Waals surface area contributed by atoms with Crippen LogP contribution in [0, 0.1) is 0 Å². The Balaban J connectivity index is 1.94. The summed E-state index contributed by atoms with van der Waals surface area (Å²) in [7, 11) is 1.93. The van der Waals surface area contributed by atoms with Gasteiger partial charge >= 0.3 is 6.03 Å². The van der Waals surface area contributed by atoms with Crippen LogP contribution in [0.3, 0.4) is 0 Å². The lowest BCUT2D eigenvalue weighted by atomic mass is 10.3. The van der Waals surface area contributed by atoms with Gasteiger partial charge in [0.1, 0.15) is 0 Å². The van der Waals surface area contributed by atoms with Crippen molar-refractivity contribution in [1.29, 1.82) is 0 Å². The lowest BCUT2D eigenvalue weighted by molar-refractivity contribution is 0.220. The third-order valence-electron chi connectivity index (χ3n) is 3.02. The maximum atomic E-state index is 12.1. The lowest BCUT2D eigenvalue weighted by Gasteiger charge is -2.18. The molecule has 1 saturated heterocycles. The molecule has 0 atom stereocenters. The monoisotopic (exact) mass is 233 g/mol. The average Bonchev–Trinajstić information content (AvgIpc) is 2.73. The van der Waals surface area contributed by atoms with E-state index in [1.165, 1.54) is 0 Å². The van der Waals surface area contributed by atoms with Gasteiger partial charge in [0.2, 0.25) is 0 Å². The van der Waals surface area contributed by atoms with Gasteiger partial charge in [0.15, 0.2) is 0 Å². The molecule has 92 valence electrons. The van der Waals surface area contributed by atoms with Crippen LogP contribution in [0.1, 0.15) is 6.42 Å². The summed E-state index contributed by atoms with van der Waals surface area (Å²) in [6.45, 7) is 3.41. The van der Waals surface area contributed by atoms with Crippen LogP contribution in [-0.4, -0.2) is 44.2 Å². The minimum Gasteiger partial charge on any atom is -0.323 e. The number of benzene rings is 1. The van der Waals surface area contributed by atoms with Crippen molar-refractivity contribution < 1.29 is 4.79 Å². The first-order chi connectivity index (χ1) is 8.33. The molecule has 0 saturated carbocycles. The van der Waals surface area contributed by atoms with Crippen LogP contribution in [0.4, 0.5) is 10.5 Å². The number of urea groups is 1. The number of rotatable bonds is 5. The zero-order valence-corrected chi connectivity index (χ0v) is 10.2. The van der Waals surface area contributed by atoms with Gasteiger partial charge in [0.05, 0.1) is 0 Å². The van der Waals surface area contributed by atoms with Crippen molar-refractivity contribution >= 4 is 11.7 Å². The zero-order valence-electron chi connectivity index (χ0n) is 10.2. The maximum absolute atomic E-state index is 12.1. The van der Waals surface area contributed by atoms with Crippen molar-refractivity contribution in [3.8, 4) is 0 Å². The Bertz CT molecular complexity index is 366. The molecular formula is C13H19N3O. The van der Waals surface area contributed by atoms with Gasteiger partial charge in [-0.15, -0.1) is 0 Å². The number of para-hydroxylation sites is 1. The van der Waals surface area contributed by atoms with E-state index in [0.717, 1.165) is 38.3 Å². The number of carbonyl (C=O) groups is 1. The smallest absolute Gasteiger partial charge is 0.323 e. The topological polar surface area (TPSA) is 35.6 Å². The molecule has 17 heavy (non-hydrogen) atoms. The predicted octanol–water partition coefficient (Wildman–Crippen LogP) is 1.54. The minimum atomic E-state index is 0.132. The van der Waals surface area contributed by atoms with Crippen LogP contribution >= 0.6 is 0 Å². The summed E-state index contributed by atoms with van der Waals surface area (Å²) in [4.78, 5) is 15.9. The van der Waals surface area contributed by atoms with E-state index >= 15 is 0 Å². The van der Waals surface area contributed by atoms with Gasteiger partial charge in [-0.3, -0.25) is 4.90 Å². The number of nitrogens with one attached hydrogen (secondary N) is 1. The number of hydrogen-bond acceptors (Lipinski definition) is 2. The fourth-order valence-electron chi connectivity index (χ4n) is 2.08. The largest absolute Gasteiger partial charge is 0.324 e. The molecule has 0 aromatic heterocycles. The summed E-state index contributed by atoms with van der Waals surface area (Å²) in [5, 5.41) is 3.10. The Morgan fingerprint density at radius 1 is 1.24 bits per heavy atom. The minimum absolute atomic E-state index is 0.132. The van der Waals surface area contributed by atoms with E-state index in [1.807, 2.05) is 47.2 Å². The fourth-order valence-corrected chi connectivity index (χ4v) is 2.08. The van der Waals surface area contributed by atoms with E-state index in [9.17, 15) is 4.79 Å². The number of nitrogens with zero attached hydrogens (tertiary/aromatic N) is 2. The quantitative estimate of drug-likeness (QED) is 0.783. The van der Waals surface area contributed by atoms with Gasteiger partial charge in [0, 0.05) is 25.3 Å². The van der Waals surface area contributed by atoms with Crippen molar-refractivity contribution in [3.05, 3.63) is 30.3 Å². The average molecular weight is 233 g/mol. The molecule has 2 amide bonds. The number of carbonyl (C=O) groups excluding carboxylic acids is 1. The van der Waals surface area contributed by atoms with Crippen LogP contribution in [0.15, 0.2) is 30.3 Å². The summed E-state index contributed by atoms with van der Waals surface area (Å²) in [6.07, 6.45) is 1.00. The molecule has 1 fully saturated rings. The number of amides is 2. The normalized spacial score (nSPS) is 15.7. The molecule has 1 aliphatic heterocycles. The molecule has 1 N–H and O–H groups in total. The van der Waals surface area contributed by atoms with Gasteiger partial charge in [-0.05, 0) is 32.1 Å². The lowest BCUT2D eigenvalue weighted by Crippen LogP contribution is -2.33. The van der Waals surface area contributed by atoms with Crippen molar-refractivity contribution in [2.75, 3.05) is 38.1 Å². The fraction of sp³-hybridized carbons (Fsp3) is 0.462. The molecular weight excluding hydrogens is 214 g/mol. The Labute approximate surface area is 102 Å². The van der Waals surface area contributed by atoms with Crippen LogP contribution in [-0.2, 0) is 0 Å². The third kappa shape index (κ3) is 2.77. The van der Waals surface area contributed by atoms with Crippen LogP contribution in [0.2, 0.25) is 0 Å². The summed E-state index contributed by atoms with van der Waals surface area (Å²) in [5.41, 5.74) is 0.994. The molecule has 0 bridgehead atoms. The van der Waals surface area contributed by atoms with Gasteiger partial charge in [-0.25, -0.2) is 4.79 Å². The highest BCUT2D eigenvalue weighted by molar-refractivity contribution is 5.94. The summed E-state index contributed by atoms with van der Waals surface area (Å²) >= 11 is 0. The summed E-state index contributed by atoms with van der Waals surface area (Å²) in [5.74, 6) is 0. The van der Waals surface area contributed by atoms with E-state index in [1.54, 1.807) is 0 Å². The molecule has 0 unspecified atom stereocenters. The number of hydrogen-bond donors (Lipinski definition) is 1. The van der Waals surface area contributed by atoms with E-state index < -0.39 is 0 Å². The Kier molecular flexibility index (Phi) is 3.98. The molecule has 0 spiro atoms. The van der Waals surface area contributed by atoms with Crippen molar-refractivity contribution in [2.45, 2.75) is 6.42 Å². The summed E-state index contributed by atoms with van der Waals surface area (Å²) in [6, 6.07) is 9.99. The predicted molar refractivity (Wildman–Crippen MR) is 69.3 cm³/mol. The molecule has 1 aliphatic rings. The maximum Gasteiger partial charge on any atom is 0.324 e. The molecule has 0 radical (unpaired) electrons. The molecule has 0 aliphatic carbocycles. The van der Waals surface area contributed by atoms with Crippen LogP contribution in [0.25, 0.3) is 0 Å². The summed E-state index contributed by atoms with van der Waals surface area (Å²) < 4.78 is 0. The highest BCUT2D eigenvalue weighted by Gasteiger charge is 2.28. The number of anilines is 1. The second-order valence-electron chi connectivity index (χ2n) is 4.21. The molecule has 4 nitrogen and oxygen atoms in total. The SMILES string of the molecule is CNCCCN1CCN(c2ccccc2)C1=O. The van der Waals surface area contributed by atoms with Crippen molar-refractivity contribution in [2.24, 2.45) is 0 Å². The van der Waals surface area contributed by atoms with Gasteiger partial charge in [-0.1, -0.05) is 18.2 Å². The Morgan fingerprint density at radius 2 is 2.00 bits per heavy atom. The molecule has 1 heterocycles. The van der Waals surface area contributed by atoms with Crippen LogP contribution in [0.5, 0.6) is 0 Å². The van der Waals surface area contributed by atoms with Gasteiger partial charge in [0.25, 0.3) is 0 Å². The zero-order chi connectivity index (χ0) is 12.1. The second-order valence-corrected chi connectivity index (χ2v) is 4.21. The van der Waals surface area contributed by atoms with Crippen molar-refractivity contribution in [3.63, 3.8) is 0 Å². The van der Waals surface area contributed by atoms with E-state index in [0.29, 0.717) is 0 Å².